The fourth-order valence-electron chi connectivity index (χ4n) is 1.28. The Labute approximate surface area is 77.4 Å². The van der Waals surface area contributed by atoms with Crippen LogP contribution in [0.1, 0.15) is 23.6 Å². The largest absolute Gasteiger partial charge is 0.508 e. The summed E-state index contributed by atoms with van der Waals surface area (Å²) in [6.07, 6.45) is 0.297. The molecule has 0 fully saturated rings. The third-order valence-corrected chi connectivity index (χ3v) is 1.96. The quantitative estimate of drug-likeness (QED) is 0.719. The molecule has 0 aliphatic carbocycles. The number of rotatable bonds is 2. The minimum atomic E-state index is -0.259. The molecule has 68 valence electrons. The summed E-state index contributed by atoms with van der Waals surface area (Å²) in [4.78, 5) is 0. The summed E-state index contributed by atoms with van der Waals surface area (Å²) in [5.74, 6) is 0.227. The van der Waals surface area contributed by atoms with Gasteiger partial charge in [0, 0.05) is 6.04 Å². The van der Waals surface area contributed by atoms with Crippen molar-refractivity contribution in [3.63, 3.8) is 0 Å². The highest BCUT2D eigenvalue weighted by Gasteiger charge is 2.08. The Morgan fingerprint density at radius 1 is 1.62 bits per heavy atom. The topological polar surface area (TPSA) is 70.0 Å². The molecule has 1 unspecified atom stereocenters. The van der Waals surface area contributed by atoms with E-state index in [1.54, 1.807) is 18.2 Å². The first-order valence-electron chi connectivity index (χ1n) is 4.07. The van der Waals surface area contributed by atoms with Crippen molar-refractivity contribution < 1.29 is 5.11 Å². The lowest BCUT2D eigenvalue weighted by Gasteiger charge is -2.11. The minimum absolute atomic E-state index is 0.227. The van der Waals surface area contributed by atoms with Crippen molar-refractivity contribution in [1.29, 1.82) is 5.26 Å². The van der Waals surface area contributed by atoms with Gasteiger partial charge in [0.05, 0.1) is 12.5 Å². The number of phenols is 1. The Morgan fingerprint density at radius 2 is 2.31 bits per heavy atom. The van der Waals surface area contributed by atoms with Gasteiger partial charge >= 0.3 is 0 Å². The van der Waals surface area contributed by atoms with E-state index in [0.29, 0.717) is 6.42 Å². The van der Waals surface area contributed by atoms with Crippen LogP contribution in [0.2, 0.25) is 0 Å². The molecule has 3 N–H and O–H groups in total. The lowest BCUT2D eigenvalue weighted by atomic mass is 10.00. The van der Waals surface area contributed by atoms with Gasteiger partial charge in [0.25, 0.3) is 0 Å². The zero-order valence-corrected chi connectivity index (χ0v) is 7.49. The molecule has 1 aromatic rings. The Kier molecular flexibility index (Phi) is 2.88. The minimum Gasteiger partial charge on any atom is -0.508 e. The zero-order chi connectivity index (χ0) is 9.84. The van der Waals surface area contributed by atoms with Crippen LogP contribution in [-0.2, 0) is 0 Å². The molecule has 0 bridgehead atoms. The van der Waals surface area contributed by atoms with Gasteiger partial charge in [-0.05, 0) is 30.2 Å². The molecule has 3 heteroatoms. The molecule has 0 aliphatic heterocycles. The molecular weight excluding hydrogens is 164 g/mol. The third-order valence-electron chi connectivity index (χ3n) is 1.96. The van der Waals surface area contributed by atoms with E-state index in [0.717, 1.165) is 11.1 Å². The summed E-state index contributed by atoms with van der Waals surface area (Å²) in [6, 6.07) is 6.75. The van der Waals surface area contributed by atoms with Gasteiger partial charge in [-0.1, -0.05) is 6.07 Å². The summed E-state index contributed by atoms with van der Waals surface area (Å²) in [5, 5.41) is 17.6. The molecular formula is C10H12N2O. The molecule has 1 rings (SSSR count). The number of nitrogens with two attached hydrogens (primary N) is 1. The average molecular weight is 176 g/mol. The Bertz CT molecular complexity index is 341. The molecule has 0 saturated heterocycles. The molecule has 0 saturated carbocycles. The summed E-state index contributed by atoms with van der Waals surface area (Å²) < 4.78 is 0. The number of phenolic OH excluding ortho intramolecular Hbond substituents is 1. The smallest absolute Gasteiger partial charge is 0.115 e. The molecule has 0 radical (unpaired) electrons. The summed E-state index contributed by atoms with van der Waals surface area (Å²) in [5.41, 5.74) is 7.59. The number of aryl methyl sites for hydroxylation is 1. The second kappa shape index (κ2) is 3.92. The van der Waals surface area contributed by atoms with Crippen LogP contribution in [0.4, 0.5) is 0 Å². The van der Waals surface area contributed by atoms with Crippen LogP contribution in [-0.4, -0.2) is 5.11 Å². The van der Waals surface area contributed by atoms with E-state index < -0.39 is 0 Å². The molecule has 13 heavy (non-hydrogen) atoms. The number of hydrogen-bond donors (Lipinski definition) is 2. The Balaban J connectivity index is 2.96. The van der Waals surface area contributed by atoms with Crippen molar-refractivity contribution in [3.05, 3.63) is 29.3 Å². The van der Waals surface area contributed by atoms with Crippen LogP contribution >= 0.6 is 0 Å². The number of nitriles is 1. The van der Waals surface area contributed by atoms with Crippen LogP contribution < -0.4 is 5.73 Å². The maximum absolute atomic E-state index is 9.14. The number of nitrogens with zero attached hydrogens (tertiary/aromatic N) is 1. The fourth-order valence-corrected chi connectivity index (χ4v) is 1.28. The first kappa shape index (κ1) is 9.56. The van der Waals surface area contributed by atoms with Crippen molar-refractivity contribution >= 4 is 0 Å². The molecule has 3 nitrogen and oxygen atoms in total. The molecule has 1 atom stereocenters. The van der Waals surface area contributed by atoms with Gasteiger partial charge in [-0.15, -0.1) is 0 Å². The summed E-state index contributed by atoms with van der Waals surface area (Å²) in [7, 11) is 0. The predicted octanol–water partition coefficient (Wildman–Crippen LogP) is 1.61. The van der Waals surface area contributed by atoms with Gasteiger partial charge in [0.1, 0.15) is 5.75 Å². The molecule has 0 heterocycles. The van der Waals surface area contributed by atoms with Gasteiger partial charge < -0.3 is 10.8 Å². The normalized spacial score (nSPS) is 12.1. The van der Waals surface area contributed by atoms with Gasteiger partial charge in [0.2, 0.25) is 0 Å². The SMILES string of the molecule is Cc1cc(O)ccc1C(N)CC#N. The lowest BCUT2D eigenvalue weighted by Crippen LogP contribution is -2.10. The molecule has 0 spiro atoms. The van der Waals surface area contributed by atoms with E-state index in [1.807, 2.05) is 13.0 Å². The fraction of sp³-hybridized carbons (Fsp3) is 0.300. The average Bonchev–Trinajstić information content (AvgIpc) is 2.04. The van der Waals surface area contributed by atoms with Crippen molar-refractivity contribution in [1.82, 2.24) is 0 Å². The number of hydrogen-bond acceptors (Lipinski definition) is 3. The molecule has 1 aromatic carbocycles. The van der Waals surface area contributed by atoms with E-state index in [2.05, 4.69) is 0 Å². The highest BCUT2D eigenvalue weighted by atomic mass is 16.3. The van der Waals surface area contributed by atoms with E-state index in [4.69, 9.17) is 16.1 Å². The molecule has 0 aromatic heterocycles. The predicted molar refractivity (Wildman–Crippen MR) is 50.0 cm³/mol. The van der Waals surface area contributed by atoms with Crippen molar-refractivity contribution in [2.45, 2.75) is 19.4 Å². The van der Waals surface area contributed by atoms with E-state index in [1.165, 1.54) is 0 Å². The van der Waals surface area contributed by atoms with E-state index >= 15 is 0 Å². The van der Waals surface area contributed by atoms with Crippen LogP contribution in [0.5, 0.6) is 5.75 Å². The molecule has 0 amide bonds. The van der Waals surface area contributed by atoms with Gasteiger partial charge in [-0.2, -0.15) is 5.26 Å². The van der Waals surface area contributed by atoms with Crippen molar-refractivity contribution in [2.75, 3.05) is 0 Å². The van der Waals surface area contributed by atoms with Gasteiger partial charge in [-0.25, -0.2) is 0 Å². The standard InChI is InChI=1S/C10H12N2O/c1-7-6-8(13)2-3-9(7)10(12)4-5-11/h2-3,6,10,13H,4,12H2,1H3. The Morgan fingerprint density at radius 3 is 2.85 bits per heavy atom. The second-order valence-electron chi connectivity index (χ2n) is 3.01. The van der Waals surface area contributed by atoms with Crippen LogP contribution in [0.25, 0.3) is 0 Å². The van der Waals surface area contributed by atoms with E-state index in [9.17, 15) is 0 Å². The summed E-state index contributed by atoms with van der Waals surface area (Å²) in [6.45, 7) is 1.87. The first-order chi connectivity index (χ1) is 6.15. The Hall–Kier alpha value is -1.53. The highest BCUT2D eigenvalue weighted by molar-refractivity contribution is 5.35. The highest BCUT2D eigenvalue weighted by Crippen LogP contribution is 2.21. The third kappa shape index (κ3) is 2.20. The number of aromatic hydroxyl groups is 1. The maximum Gasteiger partial charge on any atom is 0.115 e. The summed E-state index contributed by atoms with van der Waals surface area (Å²) >= 11 is 0. The van der Waals surface area contributed by atoms with Crippen LogP contribution in [0.15, 0.2) is 18.2 Å². The first-order valence-corrected chi connectivity index (χ1v) is 4.07. The van der Waals surface area contributed by atoms with E-state index in [-0.39, 0.29) is 11.8 Å². The van der Waals surface area contributed by atoms with Gasteiger partial charge in [0.15, 0.2) is 0 Å². The lowest BCUT2D eigenvalue weighted by molar-refractivity contribution is 0.474. The maximum atomic E-state index is 9.14. The van der Waals surface area contributed by atoms with Crippen molar-refractivity contribution in [2.24, 2.45) is 5.73 Å². The zero-order valence-electron chi connectivity index (χ0n) is 7.49. The monoisotopic (exact) mass is 176 g/mol. The second-order valence-corrected chi connectivity index (χ2v) is 3.01. The number of benzene rings is 1. The van der Waals surface area contributed by atoms with Crippen LogP contribution in [0, 0.1) is 18.3 Å². The van der Waals surface area contributed by atoms with Crippen molar-refractivity contribution in [3.8, 4) is 11.8 Å². The van der Waals surface area contributed by atoms with Gasteiger partial charge in [-0.3, -0.25) is 0 Å². The molecule has 0 aliphatic rings. The van der Waals surface area contributed by atoms with Crippen LogP contribution in [0.3, 0.4) is 0 Å².